The third-order valence-electron chi connectivity index (χ3n) is 2.01. The Morgan fingerprint density at radius 2 is 2.12 bits per heavy atom. The van der Waals surface area contributed by atoms with Crippen LogP contribution in [0.15, 0.2) is 36.5 Å². The van der Waals surface area contributed by atoms with Crippen LogP contribution in [0, 0.1) is 0 Å². The van der Waals surface area contributed by atoms with Gasteiger partial charge in [-0.15, -0.1) is 0 Å². The Hall–Kier alpha value is -1.81. The number of hydrogen-bond donors (Lipinski definition) is 2. The smallest absolute Gasteiger partial charge is 0.302 e. The molecule has 0 aliphatic rings. The highest BCUT2D eigenvalue weighted by Gasteiger charge is 1.94. The summed E-state index contributed by atoms with van der Waals surface area (Å²) >= 11 is 0. The zero-order valence-corrected chi connectivity index (χ0v) is 10.1. The van der Waals surface area contributed by atoms with E-state index in [1.54, 1.807) is 6.92 Å². The van der Waals surface area contributed by atoms with Crippen LogP contribution < -0.4 is 5.73 Å². The monoisotopic (exact) mass is 234 g/mol. The van der Waals surface area contributed by atoms with E-state index in [-0.39, 0.29) is 12.0 Å². The van der Waals surface area contributed by atoms with Crippen LogP contribution in [0.4, 0.5) is 0 Å². The fourth-order valence-electron chi connectivity index (χ4n) is 1.24. The van der Waals surface area contributed by atoms with E-state index in [9.17, 15) is 4.79 Å². The van der Waals surface area contributed by atoms with Crippen LogP contribution in [-0.2, 0) is 9.53 Å². The largest absolute Gasteiger partial charge is 0.464 e. The number of nitrogens with one attached hydrogen (secondary N) is 1. The van der Waals surface area contributed by atoms with Gasteiger partial charge in [-0.25, -0.2) is 0 Å². The molecule has 0 aliphatic heterocycles. The topological polar surface area (TPSA) is 68.1 Å². The van der Waals surface area contributed by atoms with E-state index in [0.29, 0.717) is 6.61 Å². The summed E-state index contributed by atoms with van der Waals surface area (Å²) in [5, 5.41) is 1.28. The number of hydrogen-bond acceptors (Lipinski definition) is 3. The lowest BCUT2D eigenvalue weighted by Gasteiger charge is -2.02. The van der Waals surface area contributed by atoms with Gasteiger partial charge in [-0.1, -0.05) is 18.2 Å². The van der Waals surface area contributed by atoms with E-state index >= 15 is 0 Å². The van der Waals surface area contributed by atoms with Gasteiger partial charge in [-0.3, -0.25) is 4.79 Å². The SMILES string of the molecule is CC(=O)OCC(C)N.c1ccc2[nH]ccc2c1. The molecule has 2 rings (SSSR count). The molecule has 1 aromatic heterocycles. The molecule has 1 unspecified atom stereocenters. The van der Waals surface area contributed by atoms with Crippen molar-refractivity contribution in [3.05, 3.63) is 36.5 Å². The maximum absolute atomic E-state index is 10.1. The number of para-hydroxylation sites is 1. The van der Waals surface area contributed by atoms with E-state index < -0.39 is 0 Å². The fraction of sp³-hybridized carbons (Fsp3) is 0.308. The first-order chi connectivity index (χ1) is 8.09. The summed E-state index contributed by atoms with van der Waals surface area (Å²) < 4.78 is 4.54. The molecule has 1 heterocycles. The van der Waals surface area contributed by atoms with Crippen molar-refractivity contribution in [2.75, 3.05) is 6.61 Å². The number of esters is 1. The van der Waals surface area contributed by atoms with Gasteiger partial charge in [-0.05, 0) is 24.4 Å². The van der Waals surface area contributed by atoms with Crippen LogP contribution in [0.3, 0.4) is 0 Å². The molecule has 17 heavy (non-hydrogen) atoms. The van der Waals surface area contributed by atoms with E-state index in [0.717, 1.165) is 0 Å². The minimum absolute atomic E-state index is 0.0566. The highest BCUT2D eigenvalue weighted by Crippen LogP contribution is 2.09. The van der Waals surface area contributed by atoms with Gasteiger partial charge in [0.1, 0.15) is 6.61 Å². The van der Waals surface area contributed by atoms with Gasteiger partial charge in [0, 0.05) is 24.7 Å². The zero-order chi connectivity index (χ0) is 12.7. The number of ether oxygens (including phenoxy) is 1. The Bertz CT molecular complexity index is 433. The number of fused-ring (bicyclic) bond motifs is 1. The van der Waals surface area contributed by atoms with Crippen molar-refractivity contribution < 1.29 is 9.53 Å². The van der Waals surface area contributed by atoms with Gasteiger partial charge in [0.2, 0.25) is 0 Å². The number of H-pyrrole nitrogens is 1. The Morgan fingerprint density at radius 3 is 2.65 bits per heavy atom. The van der Waals surface area contributed by atoms with E-state index in [1.807, 2.05) is 18.3 Å². The predicted molar refractivity (Wildman–Crippen MR) is 68.6 cm³/mol. The average molecular weight is 234 g/mol. The number of aromatic amines is 1. The predicted octanol–water partition coefficient (Wildman–Crippen LogP) is 2.06. The highest BCUT2D eigenvalue weighted by atomic mass is 16.5. The van der Waals surface area contributed by atoms with E-state index in [2.05, 4.69) is 27.9 Å². The lowest BCUT2D eigenvalue weighted by atomic mass is 10.3. The molecule has 1 atom stereocenters. The molecule has 4 heteroatoms. The minimum atomic E-state index is -0.276. The Labute approximate surface area is 101 Å². The maximum atomic E-state index is 10.1. The van der Waals surface area contributed by atoms with E-state index in [1.165, 1.54) is 17.8 Å². The number of carbonyl (C=O) groups excluding carboxylic acids is 1. The second-order valence-corrected chi connectivity index (χ2v) is 3.84. The molecule has 0 saturated carbocycles. The first-order valence-electron chi connectivity index (χ1n) is 5.50. The molecule has 0 amide bonds. The number of benzene rings is 1. The summed E-state index contributed by atoms with van der Waals surface area (Å²) in [6, 6.07) is 10.2. The second kappa shape index (κ2) is 6.70. The zero-order valence-electron chi connectivity index (χ0n) is 10.1. The highest BCUT2D eigenvalue weighted by molar-refractivity contribution is 5.78. The first kappa shape index (κ1) is 13.3. The van der Waals surface area contributed by atoms with E-state index in [4.69, 9.17) is 5.73 Å². The lowest BCUT2D eigenvalue weighted by molar-refractivity contribution is -0.141. The molecule has 0 saturated heterocycles. The average Bonchev–Trinajstić information content (AvgIpc) is 2.75. The molecule has 3 N–H and O–H groups in total. The summed E-state index contributed by atoms with van der Waals surface area (Å²) in [5.74, 6) is -0.276. The normalized spacial score (nSPS) is 11.5. The summed E-state index contributed by atoms with van der Waals surface area (Å²) in [5.41, 5.74) is 6.47. The molecule has 0 aliphatic carbocycles. The molecule has 0 bridgehead atoms. The molecule has 92 valence electrons. The Kier molecular flexibility index (Phi) is 5.23. The first-order valence-corrected chi connectivity index (χ1v) is 5.50. The second-order valence-electron chi connectivity index (χ2n) is 3.84. The molecule has 2 aromatic rings. The minimum Gasteiger partial charge on any atom is -0.464 e. The molecule has 0 spiro atoms. The summed E-state index contributed by atoms with van der Waals surface area (Å²) in [6.45, 7) is 3.46. The quantitative estimate of drug-likeness (QED) is 0.781. The van der Waals surface area contributed by atoms with Crippen LogP contribution in [0.2, 0.25) is 0 Å². The van der Waals surface area contributed by atoms with Crippen LogP contribution in [0.5, 0.6) is 0 Å². The molecular formula is C13H18N2O2. The van der Waals surface area contributed by atoms with Crippen molar-refractivity contribution in [2.45, 2.75) is 19.9 Å². The lowest BCUT2D eigenvalue weighted by Crippen LogP contribution is -2.23. The number of nitrogens with two attached hydrogens (primary N) is 1. The van der Waals surface area contributed by atoms with Crippen molar-refractivity contribution >= 4 is 16.9 Å². The summed E-state index contributed by atoms with van der Waals surface area (Å²) in [7, 11) is 0. The number of rotatable bonds is 2. The van der Waals surface area contributed by atoms with Crippen LogP contribution in [0.1, 0.15) is 13.8 Å². The molecule has 0 radical (unpaired) electrons. The standard InChI is InChI=1S/C8H7N.C5H11NO2/c1-2-4-8-7(3-1)5-6-9-8;1-4(6)3-8-5(2)7/h1-6,9H;4H,3,6H2,1-2H3. The molecule has 4 nitrogen and oxygen atoms in total. The fourth-order valence-corrected chi connectivity index (χ4v) is 1.24. The van der Waals surface area contributed by atoms with Crippen molar-refractivity contribution in [3.8, 4) is 0 Å². The maximum Gasteiger partial charge on any atom is 0.302 e. The summed E-state index contributed by atoms with van der Waals surface area (Å²) in [4.78, 5) is 13.2. The van der Waals surface area contributed by atoms with Crippen molar-refractivity contribution in [1.82, 2.24) is 4.98 Å². The van der Waals surface area contributed by atoms with Gasteiger partial charge in [0.25, 0.3) is 0 Å². The van der Waals surface area contributed by atoms with Gasteiger partial charge in [0.15, 0.2) is 0 Å². The van der Waals surface area contributed by atoms with Crippen LogP contribution in [-0.4, -0.2) is 23.6 Å². The summed E-state index contributed by atoms with van der Waals surface area (Å²) in [6.07, 6.45) is 1.95. The van der Waals surface area contributed by atoms with Crippen molar-refractivity contribution in [2.24, 2.45) is 5.73 Å². The van der Waals surface area contributed by atoms with Crippen molar-refractivity contribution in [1.29, 1.82) is 0 Å². The van der Waals surface area contributed by atoms with Gasteiger partial charge in [-0.2, -0.15) is 0 Å². The molecule has 1 aromatic carbocycles. The number of aromatic nitrogens is 1. The van der Waals surface area contributed by atoms with Crippen LogP contribution in [0.25, 0.3) is 10.9 Å². The van der Waals surface area contributed by atoms with Gasteiger partial charge < -0.3 is 15.5 Å². The molecular weight excluding hydrogens is 216 g/mol. The van der Waals surface area contributed by atoms with Gasteiger partial charge >= 0.3 is 5.97 Å². The molecule has 0 fully saturated rings. The van der Waals surface area contributed by atoms with Gasteiger partial charge in [0.05, 0.1) is 0 Å². The number of carbonyl (C=O) groups is 1. The Balaban J connectivity index is 0.000000172. The third-order valence-corrected chi connectivity index (χ3v) is 2.01. The van der Waals surface area contributed by atoms with Crippen molar-refractivity contribution in [3.63, 3.8) is 0 Å². The Morgan fingerprint density at radius 1 is 1.41 bits per heavy atom. The third kappa shape index (κ3) is 5.17. The van der Waals surface area contributed by atoms with Crippen LogP contribution >= 0.6 is 0 Å².